The third-order valence-corrected chi connectivity index (χ3v) is 8.56. The number of carbonyl (C=O) groups is 3. The second-order valence-electron chi connectivity index (χ2n) is 10.7. The first-order chi connectivity index (χ1) is 19.1. The number of hydrogen-bond donors (Lipinski definition) is 1. The molecule has 0 spiro atoms. The number of pyridine rings is 1. The van der Waals surface area contributed by atoms with Gasteiger partial charge in [-0.05, 0) is 76.9 Å². The Morgan fingerprint density at radius 3 is 2.55 bits per heavy atom. The number of likely N-dealkylation sites (tertiary alicyclic amines) is 1. The van der Waals surface area contributed by atoms with Crippen molar-refractivity contribution in [2.45, 2.75) is 40.3 Å². The van der Waals surface area contributed by atoms with E-state index < -0.39 is 6.04 Å². The van der Waals surface area contributed by atoms with E-state index in [-0.39, 0.29) is 36.0 Å². The number of nitrogens with one attached hydrogen (secondary N) is 1. The van der Waals surface area contributed by atoms with E-state index in [0.29, 0.717) is 45.3 Å². The van der Waals surface area contributed by atoms with E-state index in [0.717, 1.165) is 16.7 Å². The van der Waals surface area contributed by atoms with E-state index in [1.165, 1.54) is 6.92 Å². The average Bonchev–Trinajstić information content (AvgIpc) is 3.25. The number of aryl methyl sites for hydroxylation is 2. The Kier molecular flexibility index (Phi) is 6.48. The average molecular weight is 602 g/mol. The van der Waals surface area contributed by atoms with Gasteiger partial charge in [-0.3, -0.25) is 19.1 Å². The van der Waals surface area contributed by atoms with Gasteiger partial charge in [-0.25, -0.2) is 15.0 Å². The zero-order valence-electron chi connectivity index (χ0n) is 22.6. The number of nitrogens with zero attached hydrogens (tertiary/aromatic N) is 6. The number of benzene rings is 1. The smallest absolute Gasteiger partial charge is 0.248 e. The van der Waals surface area contributed by atoms with E-state index in [1.807, 2.05) is 44.2 Å². The number of carbonyl (C=O) groups excluding carboxylic acids is 3. The first-order valence-corrected chi connectivity index (χ1v) is 14.0. The van der Waals surface area contributed by atoms with Crippen molar-refractivity contribution in [3.05, 3.63) is 64.4 Å². The second kappa shape index (κ2) is 9.88. The summed E-state index contributed by atoms with van der Waals surface area (Å²) in [4.78, 5) is 54.3. The van der Waals surface area contributed by atoms with E-state index in [1.54, 1.807) is 22.0 Å². The van der Waals surface area contributed by atoms with Crippen LogP contribution in [-0.4, -0.2) is 59.8 Å². The van der Waals surface area contributed by atoms with Crippen molar-refractivity contribution in [1.29, 1.82) is 0 Å². The number of amides is 2. The van der Waals surface area contributed by atoms with Crippen LogP contribution in [0.5, 0.6) is 0 Å². The van der Waals surface area contributed by atoms with E-state index >= 15 is 0 Å². The Morgan fingerprint density at radius 2 is 1.82 bits per heavy atom. The van der Waals surface area contributed by atoms with Crippen LogP contribution in [0.25, 0.3) is 22.0 Å². The van der Waals surface area contributed by atoms with Crippen LogP contribution >= 0.6 is 15.9 Å². The minimum absolute atomic E-state index is 0.0808. The number of aromatic nitrogens is 5. The van der Waals surface area contributed by atoms with Crippen molar-refractivity contribution in [2.75, 3.05) is 11.9 Å². The lowest BCUT2D eigenvalue weighted by molar-refractivity contribution is -0.138. The highest BCUT2D eigenvalue weighted by molar-refractivity contribution is 9.10. The molecule has 3 aromatic heterocycles. The normalized spacial score (nSPS) is 21.4. The van der Waals surface area contributed by atoms with Gasteiger partial charge in [0.05, 0.1) is 5.52 Å². The van der Waals surface area contributed by atoms with Crippen LogP contribution in [0, 0.1) is 31.6 Å². The second-order valence-corrected chi connectivity index (χ2v) is 11.5. The lowest BCUT2D eigenvalue weighted by atomic mass is 10.0. The number of hydrogen-bond acceptors (Lipinski definition) is 7. The van der Waals surface area contributed by atoms with Gasteiger partial charge in [0.2, 0.25) is 11.8 Å². The molecule has 1 saturated carbocycles. The molecule has 4 atom stereocenters. The molecule has 4 aromatic rings. The lowest BCUT2D eigenvalue weighted by Crippen LogP contribution is -2.48. The first-order valence-electron chi connectivity index (χ1n) is 13.2. The molecule has 1 aromatic carbocycles. The van der Waals surface area contributed by atoms with Crippen LogP contribution in [-0.2, 0) is 16.1 Å². The molecule has 0 bridgehead atoms. The summed E-state index contributed by atoms with van der Waals surface area (Å²) < 4.78 is 2.18. The number of rotatable bonds is 6. The largest absolute Gasteiger partial charge is 0.328 e. The predicted octanol–water partition coefficient (Wildman–Crippen LogP) is 4.20. The maximum Gasteiger partial charge on any atom is 0.248 e. The molecule has 1 aliphatic heterocycles. The van der Waals surface area contributed by atoms with Crippen LogP contribution in [0.15, 0.2) is 47.3 Å². The highest BCUT2D eigenvalue weighted by atomic mass is 79.9. The quantitative estimate of drug-likeness (QED) is 0.259. The Morgan fingerprint density at radius 1 is 1.07 bits per heavy atom. The van der Waals surface area contributed by atoms with Crippen LogP contribution in [0.1, 0.15) is 35.7 Å². The van der Waals surface area contributed by atoms with E-state index in [9.17, 15) is 14.4 Å². The van der Waals surface area contributed by atoms with Crippen molar-refractivity contribution in [3.8, 4) is 11.1 Å². The molecule has 4 heterocycles. The molecule has 204 valence electrons. The molecule has 2 aliphatic rings. The van der Waals surface area contributed by atoms with Gasteiger partial charge in [0.25, 0.3) is 0 Å². The maximum absolute atomic E-state index is 13.7. The summed E-state index contributed by atoms with van der Waals surface area (Å²) in [5, 5.41) is 8.12. The molecule has 10 nitrogen and oxygen atoms in total. The van der Waals surface area contributed by atoms with Gasteiger partial charge in [0, 0.05) is 36.8 Å². The van der Waals surface area contributed by atoms with Crippen molar-refractivity contribution >= 4 is 50.2 Å². The standard InChI is InChI=1S/C29H28BrN7O3/c1-14-5-8-23(30)33-28(14)34-29(40)27-25-15(2)21(25)12-36(27)24(39)13-37-22-7-6-18(19-10-31-17(4)32-11-19)9-20(22)26(35-37)16(3)38/h5-11,15,21,25,27H,12-13H2,1-4H3,(H,33,34,40)/t15?,21?,25?,27-/m0/s1. The molecule has 3 unspecified atom stereocenters. The summed E-state index contributed by atoms with van der Waals surface area (Å²) in [7, 11) is 0. The third kappa shape index (κ3) is 4.57. The molecule has 11 heteroatoms. The highest BCUT2D eigenvalue weighted by Gasteiger charge is 2.62. The molecular formula is C29H28BrN7O3. The summed E-state index contributed by atoms with van der Waals surface area (Å²) in [6, 6.07) is 8.74. The minimum atomic E-state index is -0.588. The van der Waals surface area contributed by atoms with Gasteiger partial charge in [0.15, 0.2) is 5.78 Å². The van der Waals surface area contributed by atoms with Gasteiger partial charge < -0.3 is 10.2 Å². The number of halogens is 1. The molecule has 2 fully saturated rings. The Balaban J connectivity index is 1.28. The van der Waals surface area contributed by atoms with Gasteiger partial charge >= 0.3 is 0 Å². The van der Waals surface area contributed by atoms with Gasteiger partial charge in [-0.1, -0.05) is 19.1 Å². The monoisotopic (exact) mass is 601 g/mol. The van der Waals surface area contributed by atoms with Crippen LogP contribution in [0.3, 0.4) is 0 Å². The molecule has 2 amide bonds. The fourth-order valence-corrected chi connectivity index (χ4v) is 6.14. The molecule has 40 heavy (non-hydrogen) atoms. The van der Waals surface area contributed by atoms with Crippen LogP contribution < -0.4 is 5.32 Å². The van der Waals surface area contributed by atoms with Gasteiger partial charge in [-0.15, -0.1) is 0 Å². The molecule has 0 radical (unpaired) electrons. The number of ketones is 1. The molecule has 1 saturated heterocycles. The molecule has 6 rings (SSSR count). The van der Waals surface area contributed by atoms with E-state index in [4.69, 9.17) is 0 Å². The van der Waals surface area contributed by atoms with Crippen LogP contribution in [0.2, 0.25) is 0 Å². The zero-order valence-corrected chi connectivity index (χ0v) is 24.1. The fraction of sp³-hybridized carbons (Fsp3) is 0.345. The summed E-state index contributed by atoms with van der Waals surface area (Å²) >= 11 is 3.36. The summed E-state index contributed by atoms with van der Waals surface area (Å²) in [5.41, 5.74) is 3.47. The molecule has 1 aliphatic carbocycles. The van der Waals surface area contributed by atoms with Crippen molar-refractivity contribution < 1.29 is 14.4 Å². The van der Waals surface area contributed by atoms with E-state index in [2.05, 4.69) is 48.2 Å². The molecule has 1 N–H and O–H groups in total. The van der Waals surface area contributed by atoms with Gasteiger partial charge in [0.1, 0.15) is 34.5 Å². The summed E-state index contributed by atoms with van der Waals surface area (Å²) in [6.45, 7) is 7.72. The zero-order chi connectivity index (χ0) is 28.3. The predicted molar refractivity (Wildman–Crippen MR) is 152 cm³/mol. The SMILES string of the molecule is CC(=O)c1nn(CC(=O)N2CC3C(C)C3[C@H]2C(=O)Nc2nc(Br)ccc2C)c2ccc(-c3cnc(C)nc3)cc12. The van der Waals surface area contributed by atoms with Crippen molar-refractivity contribution in [1.82, 2.24) is 29.6 Å². The summed E-state index contributed by atoms with van der Waals surface area (Å²) in [5.74, 6) is 1.27. The topological polar surface area (TPSA) is 123 Å². The number of anilines is 1. The number of piperidine rings is 1. The van der Waals surface area contributed by atoms with Gasteiger partial charge in [-0.2, -0.15) is 5.10 Å². The molecular weight excluding hydrogens is 574 g/mol. The summed E-state index contributed by atoms with van der Waals surface area (Å²) in [6.07, 6.45) is 3.47. The number of fused-ring (bicyclic) bond motifs is 2. The first kappa shape index (κ1) is 26.2. The fourth-order valence-electron chi connectivity index (χ4n) is 5.83. The highest BCUT2D eigenvalue weighted by Crippen LogP contribution is 2.55. The number of Topliss-reactive ketones (excluding diaryl/α,β-unsaturated/α-hetero) is 1. The van der Waals surface area contributed by atoms with Crippen molar-refractivity contribution in [2.24, 2.45) is 17.8 Å². The van der Waals surface area contributed by atoms with Crippen molar-refractivity contribution in [3.63, 3.8) is 0 Å². The maximum atomic E-state index is 13.7. The van der Waals surface area contributed by atoms with Crippen LogP contribution in [0.4, 0.5) is 5.82 Å². The Labute approximate surface area is 239 Å². The minimum Gasteiger partial charge on any atom is -0.328 e. The Hall–Kier alpha value is -3.99. The Bertz CT molecular complexity index is 1680. The lowest BCUT2D eigenvalue weighted by Gasteiger charge is -2.28. The third-order valence-electron chi connectivity index (χ3n) is 8.12.